The van der Waals surface area contributed by atoms with Crippen LogP contribution in [-0.4, -0.2) is 13.8 Å². The number of unbranched alkanes of at least 4 members (excludes halogenated alkanes) is 1. The second-order valence-corrected chi connectivity index (χ2v) is 8.77. The van der Waals surface area contributed by atoms with Crippen molar-refractivity contribution < 1.29 is 9.13 Å². The maximum Gasteiger partial charge on any atom is 0.119 e. The van der Waals surface area contributed by atoms with Gasteiger partial charge in [0.2, 0.25) is 0 Å². The number of allylic oxidation sites excluding steroid dienone is 2. The van der Waals surface area contributed by atoms with Crippen molar-refractivity contribution >= 4 is 0 Å². The zero-order valence-corrected chi connectivity index (χ0v) is 17.3. The van der Waals surface area contributed by atoms with Crippen LogP contribution in [0.25, 0.3) is 0 Å². The van der Waals surface area contributed by atoms with Crippen molar-refractivity contribution in [3.05, 3.63) is 41.5 Å². The minimum Gasteiger partial charge on any atom is -0.497 e. The molecule has 0 unspecified atom stereocenters. The van der Waals surface area contributed by atoms with E-state index < -0.39 is 0 Å². The Morgan fingerprint density at radius 3 is 2.30 bits per heavy atom. The molecule has 0 heterocycles. The zero-order valence-electron chi connectivity index (χ0n) is 17.3. The minimum absolute atomic E-state index is 0.185. The van der Waals surface area contributed by atoms with Crippen LogP contribution in [0.2, 0.25) is 0 Å². The Morgan fingerprint density at radius 1 is 1.00 bits per heavy atom. The number of methoxy groups -OCH3 is 1. The lowest BCUT2D eigenvalue weighted by Crippen LogP contribution is -2.25. The maximum atomic E-state index is 12.2. The van der Waals surface area contributed by atoms with E-state index in [-0.39, 0.29) is 6.67 Å². The van der Waals surface area contributed by atoms with E-state index in [9.17, 15) is 4.39 Å². The summed E-state index contributed by atoms with van der Waals surface area (Å²) in [7, 11) is 1.76. The fourth-order valence-corrected chi connectivity index (χ4v) is 5.38. The number of hydrogen-bond acceptors (Lipinski definition) is 1. The summed E-state index contributed by atoms with van der Waals surface area (Å²) in [6.07, 6.45) is 17.1. The molecule has 0 amide bonds. The molecule has 2 saturated carbocycles. The first-order valence-corrected chi connectivity index (χ1v) is 11.1. The number of benzene rings is 1. The highest BCUT2D eigenvalue weighted by Gasteiger charge is 2.31. The highest BCUT2D eigenvalue weighted by Crippen LogP contribution is 2.45. The highest BCUT2D eigenvalue weighted by atomic mass is 19.1. The summed E-state index contributed by atoms with van der Waals surface area (Å²) in [5, 5.41) is 0. The second kappa shape index (κ2) is 10.3. The predicted octanol–water partition coefficient (Wildman–Crippen LogP) is 7.39. The first kappa shape index (κ1) is 20.4. The van der Waals surface area contributed by atoms with Crippen LogP contribution < -0.4 is 4.74 Å². The van der Waals surface area contributed by atoms with Crippen LogP contribution in [0, 0.1) is 24.7 Å². The average molecular weight is 373 g/mol. The highest BCUT2D eigenvalue weighted by molar-refractivity contribution is 5.37. The van der Waals surface area contributed by atoms with E-state index in [4.69, 9.17) is 4.74 Å². The van der Waals surface area contributed by atoms with Gasteiger partial charge in [0.1, 0.15) is 5.75 Å². The van der Waals surface area contributed by atoms with Crippen molar-refractivity contribution in [2.45, 2.75) is 77.0 Å². The van der Waals surface area contributed by atoms with E-state index in [0.717, 1.165) is 29.9 Å². The van der Waals surface area contributed by atoms with E-state index in [2.05, 4.69) is 37.3 Å². The summed E-state index contributed by atoms with van der Waals surface area (Å²) in [6.45, 7) is 2.05. The summed E-state index contributed by atoms with van der Waals surface area (Å²) in [5.41, 5.74) is 2.93. The molecule has 2 fully saturated rings. The summed E-state index contributed by atoms with van der Waals surface area (Å²) in [5.74, 6) is 4.33. The Kier molecular flexibility index (Phi) is 7.79. The number of alkyl halides is 1. The molecule has 0 N–H and O–H groups in total. The summed E-state index contributed by atoms with van der Waals surface area (Å²) < 4.78 is 17.6. The standard InChI is InChI=1S/C25H37FO/c1-19-7-16-24(27-2)18-25(19)23-14-12-22(13-15-23)21-10-8-20(9-11-21)6-4-3-5-17-26/h4,6-7,16,18,20-23H,3,5,8-15,17H2,1-2H3. The normalized spacial score (nSPS) is 29.1. The van der Waals surface area contributed by atoms with Crippen LogP contribution in [0.1, 0.15) is 81.3 Å². The summed E-state index contributed by atoms with van der Waals surface area (Å²) in [4.78, 5) is 0. The molecular formula is C25H37FO. The topological polar surface area (TPSA) is 9.23 Å². The third-order valence-corrected chi connectivity index (χ3v) is 7.09. The molecule has 1 aromatic carbocycles. The van der Waals surface area contributed by atoms with E-state index >= 15 is 0 Å². The van der Waals surface area contributed by atoms with Crippen LogP contribution in [-0.2, 0) is 0 Å². The van der Waals surface area contributed by atoms with Crippen molar-refractivity contribution in [2.24, 2.45) is 17.8 Å². The van der Waals surface area contributed by atoms with E-state index in [0.29, 0.717) is 12.3 Å². The van der Waals surface area contributed by atoms with E-state index in [1.54, 1.807) is 7.11 Å². The van der Waals surface area contributed by atoms with Crippen molar-refractivity contribution in [1.82, 2.24) is 0 Å². The van der Waals surface area contributed by atoms with Crippen LogP contribution >= 0.6 is 0 Å². The SMILES string of the molecule is COc1ccc(C)c(C2CCC(C3CCC(C=CCCCF)CC3)CC2)c1. The third-order valence-electron chi connectivity index (χ3n) is 7.09. The Balaban J connectivity index is 1.46. The average Bonchev–Trinajstić information content (AvgIpc) is 2.72. The van der Waals surface area contributed by atoms with Crippen molar-refractivity contribution in [2.75, 3.05) is 13.8 Å². The molecule has 0 radical (unpaired) electrons. The number of aryl methyl sites for hydroxylation is 1. The molecule has 0 spiro atoms. The molecule has 0 saturated heterocycles. The minimum atomic E-state index is -0.185. The van der Waals surface area contributed by atoms with Gasteiger partial charge < -0.3 is 4.74 Å². The maximum absolute atomic E-state index is 12.2. The number of rotatable bonds is 7. The quantitative estimate of drug-likeness (QED) is 0.358. The molecule has 3 rings (SSSR count). The first-order valence-electron chi connectivity index (χ1n) is 11.1. The molecule has 0 aromatic heterocycles. The van der Waals surface area contributed by atoms with Crippen molar-refractivity contribution in [3.8, 4) is 5.75 Å². The fraction of sp³-hybridized carbons (Fsp3) is 0.680. The van der Waals surface area contributed by atoms with Gasteiger partial charge in [-0.15, -0.1) is 0 Å². The summed E-state index contributed by atoms with van der Waals surface area (Å²) >= 11 is 0. The van der Waals surface area contributed by atoms with Gasteiger partial charge >= 0.3 is 0 Å². The Bertz CT molecular complexity index is 592. The Labute approximate surface area is 165 Å². The predicted molar refractivity (Wildman–Crippen MR) is 112 cm³/mol. The first-order chi connectivity index (χ1) is 13.2. The largest absolute Gasteiger partial charge is 0.497 e. The van der Waals surface area contributed by atoms with E-state index in [1.807, 2.05) is 0 Å². The molecule has 1 nitrogen and oxygen atoms in total. The fourth-order valence-electron chi connectivity index (χ4n) is 5.38. The lowest BCUT2D eigenvalue weighted by atomic mass is 9.68. The lowest BCUT2D eigenvalue weighted by molar-refractivity contribution is 0.171. The van der Waals surface area contributed by atoms with Crippen LogP contribution in [0.5, 0.6) is 5.75 Å². The van der Waals surface area contributed by atoms with E-state index in [1.165, 1.54) is 62.5 Å². The van der Waals surface area contributed by atoms with Gasteiger partial charge in [0.05, 0.1) is 13.8 Å². The van der Waals surface area contributed by atoms with Gasteiger partial charge in [-0.05, 0) is 118 Å². The van der Waals surface area contributed by atoms with Crippen LogP contribution in [0.3, 0.4) is 0 Å². The Morgan fingerprint density at radius 2 is 1.67 bits per heavy atom. The zero-order chi connectivity index (χ0) is 19.1. The van der Waals surface area contributed by atoms with Gasteiger partial charge in [-0.2, -0.15) is 0 Å². The van der Waals surface area contributed by atoms with Gasteiger partial charge in [-0.25, -0.2) is 0 Å². The van der Waals surface area contributed by atoms with Crippen LogP contribution in [0.15, 0.2) is 30.4 Å². The van der Waals surface area contributed by atoms with Gasteiger partial charge in [-0.3, -0.25) is 4.39 Å². The molecule has 0 aliphatic heterocycles. The summed E-state index contributed by atoms with van der Waals surface area (Å²) in [6, 6.07) is 6.55. The Hall–Kier alpha value is -1.31. The molecule has 1 aromatic rings. The molecule has 2 aliphatic rings. The number of hydrogen-bond donors (Lipinski definition) is 0. The van der Waals surface area contributed by atoms with Crippen molar-refractivity contribution in [3.63, 3.8) is 0 Å². The van der Waals surface area contributed by atoms with Gasteiger partial charge in [-0.1, -0.05) is 18.2 Å². The molecule has 2 aliphatic carbocycles. The van der Waals surface area contributed by atoms with Gasteiger partial charge in [0.25, 0.3) is 0 Å². The van der Waals surface area contributed by atoms with Crippen molar-refractivity contribution in [1.29, 1.82) is 0 Å². The molecule has 0 atom stereocenters. The lowest BCUT2D eigenvalue weighted by Gasteiger charge is -2.38. The third kappa shape index (κ3) is 5.59. The second-order valence-electron chi connectivity index (χ2n) is 8.77. The number of ether oxygens (including phenoxy) is 1. The molecular weight excluding hydrogens is 335 g/mol. The van der Waals surface area contributed by atoms with Gasteiger partial charge in [0.15, 0.2) is 0 Å². The van der Waals surface area contributed by atoms with Gasteiger partial charge in [0, 0.05) is 0 Å². The smallest absolute Gasteiger partial charge is 0.119 e. The number of halogens is 1. The molecule has 2 heteroatoms. The monoisotopic (exact) mass is 372 g/mol. The molecule has 0 bridgehead atoms. The molecule has 150 valence electrons. The molecule has 27 heavy (non-hydrogen) atoms. The van der Waals surface area contributed by atoms with Crippen LogP contribution in [0.4, 0.5) is 4.39 Å².